The van der Waals surface area contributed by atoms with Crippen LogP contribution in [0.4, 0.5) is 0 Å². The minimum Gasteiger partial charge on any atom is -0.497 e. The van der Waals surface area contributed by atoms with Crippen molar-refractivity contribution in [2.45, 2.75) is 32.4 Å². The lowest BCUT2D eigenvalue weighted by Gasteiger charge is -2.40. The number of carbonyl (C=O) groups excluding carboxylic acids is 1. The van der Waals surface area contributed by atoms with Crippen LogP contribution in [0.3, 0.4) is 0 Å². The lowest BCUT2D eigenvalue weighted by atomic mass is 9.86. The van der Waals surface area contributed by atoms with Crippen LogP contribution in [0.25, 0.3) is 5.57 Å². The third-order valence-electron chi connectivity index (χ3n) is 4.49. The van der Waals surface area contributed by atoms with E-state index in [2.05, 4.69) is 16.3 Å². The number of carbonyl (C=O) groups is 1. The van der Waals surface area contributed by atoms with Gasteiger partial charge in [-0.15, -0.1) is 0 Å². The van der Waals surface area contributed by atoms with Gasteiger partial charge in [-0.3, -0.25) is 9.69 Å². The van der Waals surface area contributed by atoms with Crippen molar-refractivity contribution in [3.8, 4) is 11.5 Å². The van der Waals surface area contributed by atoms with E-state index in [1.165, 1.54) is 0 Å². The monoisotopic (exact) mass is 330 g/mol. The molecule has 2 aliphatic rings. The summed E-state index contributed by atoms with van der Waals surface area (Å²) in [6, 6.07) is 5.99. The second-order valence-corrected chi connectivity index (χ2v) is 7.60. The Labute approximate surface area is 143 Å². The molecule has 2 unspecified atom stereocenters. The zero-order chi connectivity index (χ0) is 17.5. The molecule has 0 bridgehead atoms. The Morgan fingerprint density at radius 1 is 1.38 bits per heavy atom. The van der Waals surface area contributed by atoms with Gasteiger partial charge in [0.05, 0.1) is 19.1 Å². The molecule has 2 aliphatic heterocycles. The molecule has 0 fully saturated rings. The smallest absolute Gasteiger partial charge is 0.228 e. The highest BCUT2D eigenvalue weighted by Crippen LogP contribution is 2.40. The number of hydrogen-bond acceptors (Lipinski definition) is 4. The number of benzene rings is 1. The van der Waals surface area contributed by atoms with Gasteiger partial charge in [-0.1, -0.05) is 6.08 Å². The van der Waals surface area contributed by atoms with Crippen LogP contribution in [0, 0.1) is 5.92 Å². The molecule has 5 heteroatoms. The normalized spacial score (nSPS) is 23.5. The summed E-state index contributed by atoms with van der Waals surface area (Å²) < 4.78 is 11.3. The lowest BCUT2D eigenvalue weighted by Crippen LogP contribution is -2.51. The van der Waals surface area contributed by atoms with E-state index in [-0.39, 0.29) is 23.4 Å². The molecule has 1 aromatic carbocycles. The van der Waals surface area contributed by atoms with Gasteiger partial charge >= 0.3 is 0 Å². The molecule has 1 aromatic rings. The Hall–Kier alpha value is -2.01. The molecule has 0 saturated heterocycles. The fourth-order valence-corrected chi connectivity index (χ4v) is 3.32. The number of likely N-dealkylation sites (N-methyl/N-ethyl adjacent to an activating group) is 1. The van der Waals surface area contributed by atoms with Gasteiger partial charge in [0, 0.05) is 17.6 Å². The summed E-state index contributed by atoms with van der Waals surface area (Å²) in [5.74, 6) is 1.54. The largest absolute Gasteiger partial charge is 0.497 e. The first-order chi connectivity index (χ1) is 11.3. The van der Waals surface area contributed by atoms with Crippen LogP contribution in [0.5, 0.6) is 11.5 Å². The van der Waals surface area contributed by atoms with Gasteiger partial charge in [0.1, 0.15) is 18.1 Å². The maximum Gasteiger partial charge on any atom is 0.228 e. The van der Waals surface area contributed by atoms with Crippen LogP contribution >= 0.6 is 0 Å². The maximum atomic E-state index is 12.6. The Morgan fingerprint density at radius 3 is 2.79 bits per heavy atom. The molecular formula is C19H26N2O3. The average Bonchev–Trinajstić information content (AvgIpc) is 2.52. The Balaban J connectivity index is 1.97. The Morgan fingerprint density at radius 2 is 2.12 bits per heavy atom. The number of methoxy groups -OCH3 is 1. The van der Waals surface area contributed by atoms with Gasteiger partial charge in [-0.05, 0) is 51.6 Å². The first kappa shape index (κ1) is 16.8. The zero-order valence-corrected chi connectivity index (χ0v) is 15.1. The summed E-state index contributed by atoms with van der Waals surface area (Å²) in [6.45, 7) is 7.31. The molecule has 0 saturated carbocycles. The molecule has 24 heavy (non-hydrogen) atoms. The number of hydrogen-bond donors (Lipinski definition) is 1. The Kier molecular flexibility index (Phi) is 4.30. The highest BCUT2D eigenvalue weighted by molar-refractivity contribution is 5.86. The van der Waals surface area contributed by atoms with Crippen molar-refractivity contribution in [2.24, 2.45) is 5.92 Å². The van der Waals surface area contributed by atoms with Crippen LogP contribution in [0.15, 0.2) is 24.3 Å². The van der Waals surface area contributed by atoms with Crippen LogP contribution in [-0.4, -0.2) is 49.7 Å². The second-order valence-electron chi connectivity index (χ2n) is 7.60. The molecule has 0 radical (unpaired) electrons. The zero-order valence-electron chi connectivity index (χ0n) is 15.1. The summed E-state index contributed by atoms with van der Waals surface area (Å²) in [5.41, 5.74) is 1.94. The standard InChI is InChI=1S/C19H26N2O3/c1-19(2,3)20-18(22)12-8-14-15-9-13(23-5)6-7-17(15)24-11-16(14)21(4)10-12/h6-9,12,16H,10-11H2,1-5H3,(H,20,22). The third-order valence-corrected chi connectivity index (χ3v) is 4.49. The van der Waals surface area contributed by atoms with Crippen molar-refractivity contribution in [2.75, 3.05) is 27.3 Å². The number of amides is 1. The number of nitrogens with zero attached hydrogens (tertiary/aromatic N) is 1. The number of nitrogens with one attached hydrogen (secondary N) is 1. The van der Waals surface area contributed by atoms with Crippen molar-refractivity contribution in [3.63, 3.8) is 0 Å². The first-order valence-corrected chi connectivity index (χ1v) is 8.33. The molecule has 0 spiro atoms. The van der Waals surface area contributed by atoms with Gasteiger partial charge in [0.15, 0.2) is 0 Å². The van der Waals surface area contributed by atoms with Crippen molar-refractivity contribution < 1.29 is 14.3 Å². The molecule has 2 heterocycles. The minimum atomic E-state index is -0.234. The topological polar surface area (TPSA) is 50.8 Å². The van der Waals surface area contributed by atoms with E-state index in [1.54, 1.807) is 7.11 Å². The highest BCUT2D eigenvalue weighted by Gasteiger charge is 2.36. The average molecular weight is 330 g/mol. The molecule has 1 amide bonds. The summed E-state index contributed by atoms with van der Waals surface area (Å²) in [6.07, 6.45) is 2.10. The third kappa shape index (κ3) is 3.26. The number of rotatable bonds is 2. The van der Waals surface area contributed by atoms with Crippen molar-refractivity contribution in [3.05, 3.63) is 29.8 Å². The van der Waals surface area contributed by atoms with Crippen molar-refractivity contribution >= 4 is 11.5 Å². The SMILES string of the molecule is COc1ccc2c(c1)C1=CC(C(=O)NC(C)(C)C)CN(C)C1CO2. The number of ether oxygens (including phenoxy) is 2. The molecule has 0 aromatic heterocycles. The molecule has 2 atom stereocenters. The predicted octanol–water partition coefficient (Wildman–Crippen LogP) is 2.32. The number of fused-ring (bicyclic) bond motifs is 3. The maximum absolute atomic E-state index is 12.6. The minimum absolute atomic E-state index is 0.0660. The van der Waals surface area contributed by atoms with E-state index in [4.69, 9.17) is 9.47 Å². The quantitative estimate of drug-likeness (QED) is 0.904. The van der Waals surface area contributed by atoms with Crippen LogP contribution in [0.1, 0.15) is 26.3 Å². The van der Waals surface area contributed by atoms with Gasteiger partial charge in [-0.25, -0.2) is 0 Å². The van der Waals surface area contributed by atoms with Gasteiger partial charge < -0.3 is 14.8 Å². The van der Waals surface area contributed by atoms with Crippen LogP contribution in [-0.2, 0) is 4.79 Å². The van der Waals surface area contributed by atoms with E-state index >= 15 is 0 Å². The molecule has 1 N–H and O–H groups in total. The van der Waals surface area contributed by atoms with E-state index in [9.17, 15) is 4.79 Å². The van der Waals surface area contributed by atoms with Crippen LogP contribution < -0.4 is 14.8 Å². The first-order valence-electron chi connectivity index (χ1n) is 8.33. The summed E-state index contributed by atoms with van der Waals surface area (Å²) in [5, 5.41) is 3.09. The summed E-state index contributed by atoms with van der Waals surface area (Å²) >= 11 is 0. The summed E-state index contributed by atoms with van der Waals surface area (Å²) in [7, 11) is 3.70. The van der Waals surface area contributed by atoms with E-state index < -0.39 is 0 Å². The highest BCUT2D eigenvalue weighted by atomic mass is 16.5. The lowest BCUT2D eigenvalue weighted by molar-refractivity contribution is -0.125. The van der Waals surface area contributed by atoms with Crippen molar-refractivity contribution in [1.82, 2.24) is 10.2 Å². The fraction of sp³-hybridized carbons (Fsp3) is 0.526. The second kappa shape index (κ2) is 6.13. The molecule has 0 aliphatic carbocycles. The molecule has 130 valence electrons. The van der Waals surface area contributed by atoms with E-state index in [1.807, 2.05) is 46.0 Å². The molecular weight excluding hydrogens is 304 g/mol. The summed E-state index contributed by atoms with van der Waals surface area (Å²) in [4.78, 5) is 14.8. The Bertz CT molecular complexity index is 676. The van der Waals surface area contributed by atoms with Gasteiger partial charge in [-0.2, -0.15) is 0 Å². The van der Waals surface area contributed by atoms with Crippen molar-refractivity contribution in [1.29, 1.82) is 0 Å². The fourth-order valence-electron chi connectivity index (χ4n) is 3.32. The molecule has 5 nitrogen and oxygen atoms in total. The molecule has 3 rings (SSSR count). The van der Waals surface area contributed by atoms with Gasteiger partial charge in [0.25, 0.3) is 0 Å². The predicted molar refractivity (Wildman–Crippen MR) is 94.3 cm³/mol. The van der Waals surface area contributed by atoms with Crippen LogP contribution in [0.2, 0.25) is 0 Å². The van der Waals surface area contributed by atoms with E-state index in [0.29, 0.717) is 13.2 Å². The van der Waals surface area contributed by atoms with Gasteiger partial charge in [0.2, 0.25) is 5.91 Å². The van der Waals surface area contributed by atoms with E-state index in [0.717, 1.165) is 22.6 Å².